The summed E-state index contributed by atoms with van der Waals surface area (Å²) in [5.74, 6) is 1.55. The minimum atomic E-state index is 0.0950. The molecule has 3 aliphatic rings. The van der Waals surface area contributed by atoms with Crippen LogP contribution in [0.25, 0.3) is 0 Å². The topological polar surface area (TPSA) is 61.4 Å². The fourth-order valence-electron chi connectivity index (χ4n) is 2.82. The van der Waals surface area contributed by atoms with Crippen LogP contribution in [0.3, 0.4) is 0 Å². The van der Waals surface area contributed by atoms with E-state index in [1.807, 2.05) is 4.90 Å². The fraction of sp³-hybridized carbons (Fsp3) is 0.867. The van der Waals surface area contributed by atoms with Crippen molar-refractivity contribution in [2.75, 3.05) is 26.2 Å². The maximum atomic E-state index is 11.9. The Balaban J connectivity index is 1.30. The van der Waals surface area contributed by atoms with E-state index in [0.29, 0.717) is 18.4 Å². The Kier molecular flexibility index (Phi) is 4.24. The molecule has 0 radical (unpaired) electrons. The molecule has 0 bridgehead atoms. The molecule has 1 aliphatic heterocycles. The van der Waals surface area contributed by atoms with E-state index in [9.17, 15) is 9.59 Å². The van der Waals surface area contributed by atoms with Gasteiger partial charge in [-0.3, -0.25) is 9.59 Å². The molecule has 1 saturated heterocycles. The van der Waals surface area contributed by atoms with Crippen molar-refractivity contribution >= 4 is 11.8 Å². The normalized spacial score (nSPS) is 23.7. The van der Waals surface area contributed by atoms with Gasteiger partial charge in [0.2, 0.25) is 11.8 Å². The molecule has 3 fully saturated rings. The van der Waals surface area contributed by atoms with Crippen molar-refractivity contribution in [3.63, 3.8) is 0 Å². The number of carbonyl (C=O) groups is 2. The SMILES string of the molecule is O=C(CNCC1CC1)NC1CCN(C(=O)C2CC2)CC1. The van der Waals surface area contributed by atoms with E-state index >= 15 is 0 Å². The first-order chi connectivity index (χ1) is 9.72. The van der Waals surface area contributed by atoms with E-state index in [4.69, 9.17) is 0 Å². The van der Waals surface area contributed by atoms with Gasteiger partial charge in [0.1, 0.15) is 0 Å². The Hall–Kier alpha value is -1.10. The van der Waals surface area contributed by atoms with Crippen LogP contribution in [-0.4, -0.2) is 48.9 Å². The van der Waals surface area contributed by atoms with Crippen LogP contribution in [0.1, 0.15) is 38.5 Å². The Labute approximate surface area is 120 Å². The van der Waals surface area contributed by atoms with Crippen LogP contribution < -0.4 is 10.6 Å². The van der Waals surface area contributed by atoms with Gasteiger partial charge < -0.3 is 15.5 Å². The van der Waals surface area contributed by atoms with Crippen molar-refractivity contribution < 1.29 is 9.59 Å². The fourth-order valence-corrected chi connectivity index (χ4v) is 2.82. The molecule has 2 aliphatic carbocycles. The molecule has 0 aromatic carbocycles. The maximum absolute atomic E-state index is 11.9. The number of nitrogens with zero attached hydrogens (tertiary/aromatic N) is 1. The molecular formula is C15H25N3O2. The summed E-state index contributed by atoms with van der Waals surface area (Å²) in [6.45, 7) is 3.00. The van der Waals surface area contributed by atoms with Crippen LogP contribution in [0.4, 0.5) is 0 Å². The van der Waals surface area contributed by atoms with Gasteiger partial charge in [0.05, 0.1) is 6.54 Å². The van der Waals surface area contributed by atoms with Crippen molar-refractivity contribution in [1.82, 2.24) is 15.5 Å². The highest BCUT2D eigenvalue weighted by atomic mass is 16.2. The van der Waals surface area contributed by atoms with Gasteiger partial charge in [-0.15, -0.1) is 0 Å². The summed E-state index contributed by atoms with van der Waals surface area (Å²) in [6, 6.07) is 0.244. The van der Waals surface area contributed by atoms with E-state index in [0.717, 1.165) is 51.2 Å². The molecule has 5 heteroatoms. The lowest BCUT2D eigenvalue weighted by Crippen LogP contribution is -2.48. The van der Waals surface area contributed by atoms with Gasteiger partial charge in [0, 0.05) is 25.0 Å². The van der Waals surface area contributed by atoms with Gasteiger partial charge in [-0.05, 0) is 51.0 Å². The lowest BCUT2D eigenvalue weighted by molar-refractivity contribution is -0.133. The van der Waals surface area contributed by atoms with Crippen molar-refractivity contribution in [3.05, 3.63) is 0 Å². The van der Waals surface area contributed by atoms with Crippen molar-refractivity contribution in [2.24, 2.45) is 11.8 Å². The number of hydrogen-bond acceptors (Lipinski definition) is 3. The lowest BCUT2D eigenvalue weighted by Gasteiger charge is -2.32. The summed E-state index contributed by atoms with van der Waals surface area (Å²) >= 11 is 0. The number of rotatable bonds is 6. The van der Waals surface area contributed by atoms with E-state index in [1.165, 1.54) is 12.8 Å². The molecule has 0 spiro atoms. The van der Waals surface area contributed by atoms with Crippen LogP contribution >= 0.6 is 0 Å². The second-order valence-electron chi connectivity index (χ2n) is 6.52. The molecule has 1 heterocycles. The number of piperidine rings is 1. The first kappa shape index (κ1) is 13.9. The van der Waals surface area contributed by atoms with E-state index in [1.54, 1.807) is 0 Å². The number of hydrogen-bond donors (Lipinski definition) is 2. The van der Waals surface area contributed by atoms with E-state index in [2.05, 4.69) is 10.6 Å². The average Bonchev–Trinajstić information content (AvgIpc) is 3.31. The summed E-state index contributed by atoms with van der Waals surface area (Å²) in [5.41, 5.74) is 0. The zero-order valence-corrected chi connectivity index (χ0v) is 12.1. The summed E-state index contributed by atoms with van der Waals surface area (Å²) in [4.78, 5) is 25.7. The van der Waals surface area contributed by atoms with Crippen LogP contribution in [0.5, 0.6) is 0 Å². The van der Waals surface area contributed by atoms with Gasteiger partial charge in [-0.1, -0.05) is 0 Å². The third-order valence-corrected chi connectivity index (χ3v) is 4.51. The van der Waals surface area contributed by atoms with Crippen LogP contribution in [0.15, 0.2) is 0 Å². The number of nitrogens with one attached hydrogen (secondary N) is 2. The third kappa shape index (κ3) is 3.95. The Morgan fingerprint density at radius 2 is 1.70 bits per heavy atom. The summed E-state index contributed by atoms with van der Waals surface area (Å²) in [5, 5.41) is 6.29. The summed E-state index contributed by atoms with van der Waals surface area (Å²) in [7, 11) is 0. The van der Waals surface area contributed by atoms with E-state index < -0.39 is 0 Å². The highest BCUT2D eigenvalue weighted by molar-refractivity contribution is 5.81. The largest absolute Gasteiger partial charge is 0.352 e. The van der Waals surface area contributed by atoms with Crippen molar-refractivity contribution in [2.45, 2.75) is 44.6 Å². The summed E-state index contributed by atoms with van der Waals surface area (Å²) < 4.78 is 0. The predicted octanol–water partition coefficient (Wildman–Crippen LogP) is 0.503. The molecule has 2 amide bonds. The predicted molar refractivity (Wildman–Crippen MR) is 76.1 cm³/mol. The molecule has 3 rings (SSSR count). The molecule has 20 heavy (non-hydrogen) atoms. The van der Waals surface area contributed by atoms with Crippen LogP contribution in [0, 0.1) is 11.8 Å². The lowest BCUT2D eigenvalue weighted by atomic mass is 10.0. The highest BCUT2D eigenvalue weighted by Gasteiger charge is 2.35. The quantitative estimate of drug-likeness (QED) is 0.744. The third-order valence-electron chi connectivity index (χ3n) is 4.51. The number of amides is 2. The van der Waals surface area contributed by atoms with Crippen molar-refractivity contribution in [1.29, 1.82) is 0 Å². The summed E-state index contributed by atoms with van der Waals surface area (Å²) in [6.07, 6.45) is 6.55. The average molecular weight is 279 g/mol. The first-order valence-corrected chi connectivity index (χ1v) is 8.01. The molecule has 2 saturated carbocycles. The molecule has 0 aromatic heterocycles. The van der Waals surface area contributed by atoms with Crippen molar-refractivity contribution in [3.8, 4) is 0 Å². The Bertz CT molecular complexity index is 369. The minimum Gasteiger partial charge on any atom is -0.352 e. The first-order valence-electron chi connectivity index (χ1n) is 8.01. The zero-order chi connectivity index (χ0) is 13.9. The highest BCUT2D eigenvalue weighted by Crippen LogP contribution is 2.31. The number of likely N-dealkylation sites (tertiary alicyclic amines) is 1. The second kappa shape index (κ2) is 6.12. The molecule has 0 unspecified atom stereocenters. The van der Waals surface area contributed by atoms with Gasteiger partial charge in [-0.2, -0.15) is 0 Å². The van der Waals surface area contributed by atoms with Gasteiger partial charge in [0.15, 0.2) is 0 Å². The molecule has 2 N–H and O–H groups in total. The second-order valence-corrected chi connectivity index (χ2v) is 6.52. The molecule has 0 aromatic rings. The zero-order valence-electron chi connectivity index (χ0n) is 12.1. The van der Waals surface area contributed by atoms with E-state index in [-0.39, 0.29) is 11.9 Å². The molecular weight excluding hydrogens is 254 g/mol. The minimum absolute atomic E-state index is 0.0950. The Morgan fingerprint density at radius 3 is 2.30 bits per heavy atom. The van der Waals surface area contributed by atoms with Gasteiger partial charge >= 0.3 is 0 Å². The van der Waals surface area contributed by atoms with Crippen LogP contribution in [0.2, 0.25) is 0 Å². The molecule has 0 atom stereocenters. The Morgan fingerprint density at radius 1 is 1.00 bits per heavy atom. The smallest absolute Gasteiger partial charge is 0.234 e. The maximum Gasteiger partial charge on any atom is 0.234 e. The van der Waals surface area contributed by atoms with Gasteiger partial charge in [0.25, 0.3) is 0 Å². The monoisotopic (exact) mass is 279 g/mol. The molecule has 5 nitrogen and oxygen atoms in total. The number of carbonyl (C=O) groups excluding carboxylic acids is 2. The molecule has 112 valence electrons. The van der Waals surface area contributed by atoms with Gasteiger partial charge in [-0.25, -0.2) is 0 Å². The standard InChI is InChI=1S/C15H25N3O2/c19-14(10-16-9-11-1-2-11)17-13-5-7-18(8-6-13)15(20)12-3-4-12/h11-13,16H,1-10H2,(H,17,19). The van der Waals surface area contributed by atoms with Crippen LogP contribution in [-0.2, 0) is 9.59 Å².